The van der Waals surface area contributed by atoms with Crippen molar-refractivity contribution >= 4 is 22.8 Å². The molecule has 5 heteroatoms. The first-order chi connectivity index (χ1) is 9.42. The van der Waals surface area contributed by atoms with Gasteiger partial charge in [-0.1, -0.05) is 23.9 Å². The van der Waals surface area contributed by atoms with Gasteiger partial charge in [-0.2, -0.15) is 0 Å². The molecule has 0 amide bonds. The highest BCUT2D eigenvalue weighted by Crippen LogP contribution is 2.19. The molecule has 1 aliphatic heterocycles. The molecule has 0 radical (unpaired) electrons. The van der Waals surface area contributed by atoms with E-state index in [-0.39, 0.29) is 0 Å². The number of aromatic nitrogens is 2. The van der Waals surface area contributed by atoms with Crippen molar-refractivity contribution in [1.82, 2.24) is 9.97 Å². The number of ether oxygens (including phenoxy) is 2. The number of rotatable bonds is 6. The van der Waals surface area contributed by atoms with Gasteiger partial charge in [-0.15, -0.1) is 0 Å². The van der Waals surface area contributed by atoms with Gasteiger partial charge in [0.1, 0.15) is 0 Å². The number of para-hydroxylation sites is 2. The Morgan fingerprint density at radius 1 is 1.42 bits per heavy atom. The summed E-state index contributed by atoms with van der Waals surface area (Å²) in [6.07, 6.45) is 2.62. The average Bonchev–Trinajstić information content (AvgIpc) is 3.06. The van der Waals surface area contributed by atoms with Gasteiger partial charge in [0, 0.05) is 12.4 Å². The van der Waals surface area contributed by atoms with E-state index in [1.807, 2.05) is 24.3 Å². The number of hydrogen-bond donors (Lipinski definition) is 1. The van der Waals surface area contributed by atoms with Crippen molar-refractivity contribution in [2.24, 2.45) is 0 Å². The Labute approximate surface area is 116 Å². The molecule has 1 aromatic heterocycles. The normalized spacial score (nSPS) is 19.3. The summed E-state index contributed by atoms with van der Waals surface area (Å²) in [5.41, 5.74) is 2.11. The molecule has 4 nitrogen and oxygen atoms in total. The number of hydrogen-bond acceptors (Lipinski definition) is 4. The molecular formula is C14H18N2O2S. The maximum absolute atomic E-state index is 5.63. The van der Waals surface area contributed by atoms with E-state index in [4.69, 9.17) is 9.47 Å². The van der Waals surface area contributed by atoms with Crippen LogP contribution in [0.2, 0.25) is 0 Å². The third-order valence-corrected chi connectivity index (χ3v) is 4.00. The second kappa shape index (κ2) is 6.41. The van der Waals surface area contributed by atoms with E-state index in [9.17, 15) is 0 Å². The van der Waals surface area contributed by atoms with Crippen LogP contribution in [0.1, 0.15) is 12.8 Å². The monoisotopic (exact) mass is 278 g/mol. The fourth-order valence-electron chi connectivity index (χ4n) is 2.19. The molecule has 1 aliphatic rings. The van der Waals surface area contributed by atoms with E-state index < -0.39 is 0 Å². The van der Waals surface area contributed by atoms with Crippen molar-refractivity contribution in [3.05, 3.63) is 24.3 Å². The second-order valence-electron chi connectivity index (χ2n) is 4.62. The molecule has 19 heavy (non-hydrogen) atoms. The Balaban J connectivity index is 1.39. The minimum atomic E-state index is 0.316. The summed E-state index contributed by atoms with van der Waals surface area (Å²) in [7, 11) is 0. The molecule has 102 valence electrons. The van der Waals surface area contributed by atoms with E-state index in [0.29, 0.717) is 6.10 Å². The predicted molar refractivity (Wildman–Crippen MR) is 76.6 cm³/mol. The van der Waals surface area contributed by atoms with Gasteiger partial charge in [-0.05, 0) is 25.0 Å². The number of imidazole rings is 1. The van der Waals surface area contributed by atoms with Crippen LogP contribution in [0, 0.1) is 0 Å². The SMILES string of the molecule is c1ccc2[nH]c(SCCOC[C@@H]3CCCO3)nc2c1. The Bertz CT molecular complexity index is 490. The molecule has 0 saturated carbocycles. The van der Waals surface area contributed by atoms with Gasteiger partial charge >= 0.3 is 0 Å². The van der Waals surface area contributed by atoms with Crippen LogP contribution in [0.4, 0.5) is 0 Å². The summed E-state index contributed by atoms with van der Waals surface area (Å²) in [4.78, 5) is 7.81. The van der Waals surface area contributed by atoms with Crippen LogP contribution < -0.4 is 0 Å². The van der Waals surface area contributed by atoms with Gasteiger partial charge in [-0.25, -0.2) is 4.98 Å². The van der Waals surface area contributed by atoms with Crippen molar-refractivity contribution in [1.29, 1.82) is 0 Å². The number of benzene rings is 1. The van der Waals surface area contributed by atoms with E-state index in [2.05, 4.69) is 9.97 Å². The van der Waals surface area contributed by atoms with Crippen molar-refractivity contribution in [3.8, 4) is 0 Å². The highest BCUT2D eigenvalue weighted by molar-refractivity contribution is 7.99. The zero-order valence-electron chi connectivity index (χ0n) is 10.8. The molecule has 0 aliphatic carbocycles. The first kappa shape index (κ1) is 13.0. The van der Waals surface area contributed by atoms with Gasteiger partial charge < -0.3 is 14.5 Å². The smallest absolute Gasteiger partial charge is 0.166 e. The van der Waals surface area contributed by atoms with Crippen LogP contribution in [0.25, 0.3) is 11.0 Å². The summed E-state index contributed by atoms with van der Waals surface area (Å²) in [6.45, 7) is 2.35. The largest absolute Gasteiger partial charge is 0.378 e. The maximum atomic E-state index is 5.63. The van der Waals surface area contributed by atoms with Crippen molar-refractivity contribution in [2.45, 2.75) is 24.1 Å². The molecule has 0 unspecified atom stereocenters. The van der Waals surface area contributed by atoms with Gasteiger partial charge in [0.05, 0.1) is 30.4 Å². The summed E-state index contributed by atoms with van der Waals surface area (Å²) < 4.78 is 11.1. The Morgan fingerprint density at radius 3 is 3.21 bits per heavy atom. The zero-order chi connectivity index (χ0) is 12.9. The Kier molecular flexibility index (Phi) is 4.37. The van der Waals surface area contributed by atoms with Crippen LogP contribution in [0.15, 0.2) is 29.4 Å². The van der Waals surface area contributed by atoms with Crippen molar-refractivity contribution < 1.29 is 9.47 Å². The second-order valence-corrected chi connectivity index (χ2v) is 5.70. The molecule has 1 saturated heterocycles. The summed E-state index contributed by atoms with van der Waals surface area (Å²) in [5, 5.41) is 0.960. The lowest BCUT2D eigenvalue weighted by molar-refractivity contribution is 0.0226. The lowest BCUT2D eigenvalue weighted by Crippen LogP contribution is -2.15. The molecule has 2 aromatic rings. The van der Waals surface area contributed by atoms with E-state index in [0.717, 1.165) is 48.2 Å². The first-order valence-corrected chi connectivity index (χ1v) is 7.67. The van der Waals surface area contributed by atoms with Crippen LogP contribution in [0.3, 0.4) is 0 Å². The van der Waals surface area contributed by atoms with Crippen LogP contribution in [-0.2, 0) is 9.47 Å². The van der Waals surface area contributed by atoms with Crippen LogP contribution in [0.5, 0.6) is 0 Å². The third kappa shape index (κ3) is 3.49. The Morgan fingerprint density at radius 2 is 2.37 bits per heavy atom. The first-order valence-electron chi connectivity index (χ1n) is 6.69. The zero-order valence-corrected chi connectivity index (χ0v) is 11.6. The van der Waals surface area contributed by atoms with Gasteiger partial charge in [-0.3, -0.25) is 0 Å². The summed E-state index contributed by atoms with van der Waals surface area (Å²) >= 11 is 1.70. The summed E-state index contributed by atoms with van der Waals surface area (Å²) in [6, 6.07) is 8.08. The lowest BCUT2D eigenvalue weighted by Gasteiger charge is -2.09. The molecule has 0 spiro atoms. The topological polar surface area (TPSA) is 47.1 Å². The minimum Gasteiger partial charge on any atom is -0.378 e. The third-order valence-electron chi connectivity index (χ3n) is 3.16. The quantitative estimate of drug-likeness (QED) is 0.652. The summed E-state index contributed by atoms with van der Waals surface area (Å²) in [5.74, 6) is 0.909. The predicted octanol–water partition coefficient (Wildman–Crippen LogP) is 2.85. The van der Waals surface area contributed by atoms with Gasteiger partial charge in [0.15, 0.2) is 5.16 Å². The Hall–Kier alpha value is -1.04. The number of fused-ring (bicyclic) bond motifs is 1. The fourth-order valence-corrected chi connectivity index (χ4v) is 2.93. The van der Waals surface area contributed by atoms with E-state index in [1.54, 1.807) is 11.8 Å². The van der Waals surface area contributed by atoms with E-state index in [1.165, 1.54) is 6.42 Å². The number of nitrogens with one attached hydrogen (secondary N) is 1. The molecule has 1 aromatic carbocycles. The van der Waals surface area contributed by atoms with Gasteiger partial charge in [0.2, 0.25) is 0 Å². The maximum Gasteiger partial charge on any atom is 0.166 e. The fraction of sp³-hybridized carbons (Fsp3) is 0.500. The number of H-pyrrole nitrogens is 1. The van der Waals surface area contributed by atoms with Crippen molar-refractivity contribution in [2.75, 3.05) is 25.6 Å². The molecular weight excluding hydrogens is 260 g/mol. The van der Waals surface area contributed by atoms with Crippen LogP contribution in [-0.4, -0.2) is 41.6 Å². The minimum absolute atomic E-state index is 0.316. The van der Waals surface area contributed by atoms with E-state index >= 15 is 0 Å². The number of thioether (sulfide) groups is 1. The molecule has 1 atom stereocenters. The molecule has 1 N–H and O–H groups in total. The molecule has 2 heterocycles. The molecule has 0 bridgehead atoms. The standard InChI is InChI=1S/C14H18N2O2S/c1-2-6-13-12(5-1)15-14(16-13)19-9-8-17-10-11-4-3-7-18-11/h1-2,5-6,11H,3-4,7-10H2,(H,15,16)/t11-/m0/s1. The lowest BCUT2D eigenvalue weighted by atomic mass is 10.2. The number of aromatic amines is 1. The molecule has 1 fully saturated rings. The van der Waals surface area contributed by atoms with Gasteiger partial charge in [0.25, 0.3) is 0 Å². The highest BCUT2D eigenvalue weighted by atomic mass is 32.2. The average molecular weight is 278 g/mol. The number of nitrogens with zero attached hydrogens (tertiary/aromatic N) is 1. The highest BCUT2D eigenvalue weighted by Gasteiger charge is 2.15. The molecule has 3 rings (SSSR count). The van der Waals surface area contributed by atoms with Crippen molar-refractivity contribution in [3.63, 3.8) is 0 Å². The van der Waals surface area contributed by atoms with Crippen LogP contribution >= 0.6 is 11.8 Å².